The smallest absolute Gasteiger partial charge is 0.254 e. The van der Waals surface area contributed by atoms with E-state index in [-0.39, 0.29) is 30.1 Å². The zero-order valence-electron chi connectivity index (χ0n) is 16.9. The quantitative estimate of drug-likeness (QED) is 0.595. The fourth-order valence-corrected chi connectivity index (χ4v) is 4.55. The zero-order chi connectivity index (χ0) is 21.7. The van der Waals surface area contributed by atoms with E-state index in [9.17, 15) is 13.2 Å². The van der Waals surface area contributed by atoms with Crippen molar-refractivity contribution >= 4 is 31.9 Å². The van der Waals surface area contributed by atoms with Crippen molar-refractivity contribution in [3.8, 4) is 0 Å². The van der Waals surface area contributed by atoms with Gasteiger partial charge in [-0.1, -0.05) is 34.1 Å². The van der Waals surface area contributed by atoms with Crippen LogP contribution in [0.4, 0.5) is 0 Å². The summed E-state index contributed by atoms with van der Waals surface area (Å²) in [6.45, 7) is 3.50. The van der Waals surface area contributed by atoms with Crippen molar-refractivity contribution in [2.24, 2.45) is 0 Å². The van der Waals surface area contributed by atoms with E-state index in [0.29, 0.717) is 25.3 Å². The summed E-state index contributed by atoms with van der Waals surface area (Å²) in [5.74, 6) is -0.202. The topological polar surface area (TPSA) is 84.9 Å². The highest BCUT2D eigenvalue weighted by molar-refractivity contribution is 9.10. The first-order valence-corrected chi connectivity index (χ1v) is 11.8. The SMILES string of the molecule is COCCNS(=O)(=O)c1ccc(C)c(C(=O)N2CCOC(c3ccc(Br)cc3)C2)c1. The van der Waals surface area contributed by atoms with Crippen LogP contribution >= 0.6 is 15.9 Å². The molecule has 1 aliphatic heterocycles. The van der Waals surface area contributed by atoms with Gasteiger partial charge in [0.2, 0.25) is 10.0 Å². The van der Waals surface area contributed by atoms with E-state index in [2.05, 4.69) is 20.7 Å². The molecule has 0 aliphatic carbocycles. The van der Waals surface area contributed by atoms with Crippen molar-refractivity contribution < 1.29 is 22.7 Å². The summed E-state index contributed by atoms with van der Waals surface area (Å²) in [4.78, 5) is 15.0. The number of sulfonamides is 1. The van der Waals surface area contributed by atoms with Gasteiger partial charge in [-0.15, -0.1) is 0 Å². The van der Waals surface area contributed by atoms with Crippen molar-refractivity contribution in [3.63, 3.8) is 0 Å². The molecule has 9 heteroatoms. The summed E-state index contributed by atoms with van der Waals surface area (Å²) in [7, 11) is -2.22. The highest BCUT2D eigenvalue weighted by atomic mass is 79.9. The standard InChI is InChI=1S/C21H25BrN2O5S/c1-15-3-8-18(30(26,27)23-9-11-28-2)13-19(15)21(25)24-10-12-29-20(14-24)16-4-6-17(22)7-5-16/h3-8,13,20,23H,9-12,14H2,1-2H3. The first-order chi connectivity index (χ1) is 14.3. The summed E-state index contributed by atoms with van der Waals surface area (Å²) in [5.41, 5.74) is 2.09. The fraction of sp³-hybridized carbons (Fsp3) is 0.381. The predicted molar refractivity (Wildman–Crippen MR) is 117 cm³/mol. The van der Waals surface area contributed by atoms with Crippen molar-refractivity contribution in [1.29, 1.82) is 0 Å². The Morgan fingerprint density at radius 3 is 2.70 bits per heavy atom. The third-order valence-corrected chi connectivity index (χ3v) is 6.93. The van der Waals surface area contributed by atoms with Gasteiger partial charge in [-0.05, 0) is 42.3 Å². The van der Waals surface area contributed by atoms with Gasteiger partial charge in [0.25, 0.3) is 5.91 Å². The minimum Gasteiger partial charge on any atom is -0.383 e. The first kappa shape index (κ1) is 22.9. The van der Waals surface area contributed by atoms with Gasteiger partial charge in [-0.3, -0.25) is 4.79 Å². The zero-order valence-corrected chi connectivity index (χ0v) is 19.3. The molecule has 7 nitrogen and oxygen atoms in total. The second kappa shape index (κ2) is 10.0. The number of halogens is 1. The average Bonchev–Trinajstić information content (AvgIpc) is 2.74. The molecular formula is C21H25BrN2O5S. The monoisotopic (exact) mass is 496 g/mol. The van der Waals surface area contributed by atoms with Crippen LogP contribution in [-0.2, 0) is 19.5 Å². The summed E-state index contributed by atoms with van der Waals surface area (Å²) in [6.07, 6.45) is -0.223. The number of methoxy groups -OCH3 is 1. The summed E-state index contributed by atoms with van der Waals surface area (Å²) in [5, 5.41) is 0. The van der Waals surface area contributed by atoms with E-state index in [0.717, 1.165) is 15.6 Å². The van der Waals surface area contributed by atoms with E-state index >= 15 is 0 Å². The number of ether oxygens (including phenoxy) is 2. The lowest BCUT2D eigenvalue weighted by Crippen LogP contribution is -2.42. The van der Waals surface area contributed by atoms with Crippen LogP contribution in [0.2, 0.25) is 0 Å². The number of nitrogens with one attached hydrogen (secondary N) is 1. The van der Waals surface area contributed by atoms with Gasteiger partial charge >= 0.3 is 0 Å². The Hall–Kier alpha value is -1.78. The Balaban J connectivity index is 1.79. The molecule has 3 rings (SSSR count). The normalized spacial score (nSPS) is 17.2. The fourth-order valence-electron chi connectivity index (χ4n) is 3.24. The third kappa shape index (κ3) is 5.47. The average molecular weight is 497 g/mol. The molecular weight excluding hydrogens is 472 g/mol. The number of nitrogens with zero attached hydrogens (tertiary/aromatic N) is 1. The number of hydrogen-bond donors (Lipinski definition) is 1. The molecule has 1 saturated heterocycles. The Morgan fingerprint density at radius 2 is 2.00 bits per heavy atom. The highest BCUT2D eigenvalue weighted by Crippen LogP contribution is 2.26. The van der Waals surface area contributed by atoms with E-state index in [4.69, 9.17) is 9.47 Å². The number of benzene rings is 2. The molecule has 2 aromatic rings. The minimum absolute atomic E-state index is 0.0604. The van der Waals surface area contributed by atoms with Crippen LogP contribution in [-0.4, -0.2) is 59.2 Å². The Kier molecular flexibility index (Phi) is 7.65. The maximum atomic E-state index is 13.2. The molecule has 1 aliphatic rings. The lowest BCUT2D eigenvalue weighted by Gasteiger charge is -2.33. The number of hydrogen-bond acceptors (Lipinski definition) is 5. The Bertz CT molecular complexity index is 995. The van der Waals surface area contributed by atoms with Crippen LogP contribution in [0.15, 0.2) is 51.8 Å². The van der Waals surface area contributed by atoms with Gasteiger partial charge in [-0.25, -0.2) is 13.1 Å². The number of amides is 1. The molecule has 1 heterocycles. The van der Waals surface area contributed by atoms with E-state index in [1.807, 2.05) is 24.3 Å². The number of aryl methyl sites for hydroxylation is 1. The summed E-state index contributed by atoms with van der Waals surface area (Å²) in [6, 6.07) is 12.4. The molecule has 1 N–H and O–H groups in total. The molecule has 2 aromatic carbocycles. The van der Waals surface area contributed by atoms with Crippen LogP contribution in [0.25, 0.3) is 0 Å². The van der Waals surface area contributed by atoms with Crippen molar-refractivity contribution in [3.05, 3.63) is 63.6 Å². The molecule has 162 valence electrons. The van der Waals surface area contributed by atoms with E-state index in [1.54, 1.807) is 17.9 Å². The van der Waals surface area contributed by atoms with Gasteiger partial charge in [0.15, 0.2) is 0 Å². The number of carbonyl (C=O) groups excluding carboxylic acids is 1. The van der Waals surface area contributed by atoms with Gasteiger partial charge in [0.05, 0.1) is 24.7 Å². The van der Waals surface area contributed by atoms with Crippen LogP contribution in [0.5, 0.6) is 0 Å². The third-order valence-electron chi connectivity index (χ3n) is 4.94. The lowest BCUT2D eigenvalue weighted by molar-refractivity contribution is -0.0228. The molecule has 1 atom stereocenters. The van der Waals surface area contributed by atoms with Crippen LogP contribution in [0, 0.1) is 6.92 Å². The van der Waals surface area contributed by atoms with Crippen molar-refractivity contribution in [2.75, 3.05) is 40.0 Å². The lowest BCUT2D eigenvalue weighted by atomic mass is 10.0. The molecule has 1 fully saturated rings. The summed E-state index contributed by atoms with van der Waals surface area (Å²) >= 11 is 3.42. The molecule has 0 radical (unpaired) electrons. The van der Waals surface area contributed by atoms with Gasteiger partial charge in [0.1, 0.15) is 6.10 Å². The first-order valence-electron chi connectivity index (χ1n) is 9.57. The van der Waals surface area contributed by atoms with Crippen LogP contribution in [0.3, 0.4) is 0 Å². The second-order valence-electron chi connectivity index (χ2n) is 7.03. The number of carbonyl (C=O) groups is 1. The molecule has 0 spiro atoms. The largest absolute Gasteiger partial charge is 0.383 e. The summed E-state index contributed by atoms with van der Waals surface area (Å²) < 4.78 is 39.2. The molecule has 0 aromatic heterocycles. The van der Waals surface area contributed by atoms with E-state index in [1.165, 1.54) is 19.2 Å². The minimum atomic E-state index is -3.72. The van der Waals surface area contributed by atoms with Crippen LogP contribution < -0.4 is 4.72 Å². The van der Waals surface area contributed by atoms with Gasteiger partial charge in [-0.2, -0.15) is 0 Å². The van der Waals surface area contributed by atoms with Crippen molar-refractivity contribution in [1.82, 2.24) is 9.62 Å². The maximum Gasteiger partial charge on any atom is 0.254 e. The van der Waals surface area contributed by atoms with Gasteiger partial charge in [0, 0.05) is 30.2 Å². The van der Waals surface area contributed by atoms with Gasteiger partial charge < -0.3 is 14.4 Å². The van der Waals surface area contributed by atoms with Crippen molar-refractivity contribution in [2.45, 2.75) is 17.9 Å². The molecule has 0 bridgehead atoms. The maximum absolute atomic E-state index is 13.2. The predicted octanol–water partition coefficient (Wildman–Crippen LogP) is 2.90. The second-order valence-corrected chi connectivity index (χ2v) is 9.71. The number of morpholine rings is 1. The Morgan fingerprint density at radius 1 is 1.27 bits per heavy atom. The Labute approximate surface area is 185 Å². The molecule has 1 unspecified atom stereocenters. The highest BCUT2D eigenvalue weighted by Gasteiger charge is 2.28. The number of rotatable bonds is 7. The van der Waals surface area contributed by atoms with Crippen LogP contribution in [0.1, 0.15) is 27.6 Å². The molecule has 0 saturated carbocycles. The molecule has 1 amide bonds. The molecule has 30 heavy (non-hydrogen) atoms. The van der Waals surface area contributed by atoms with E-state index < -0.39 is 10.0 Å².